The normalized spacial score (nSPS) is 14.6. The van der Waals surface area contributed by atoms with Crippen molar-refractivity contribution in [3.05, 3.63) is 48.5 Å². The first-order chi connectivity index (χ1) is 15.2. The van der Waals surface area contributed by atoms with Crippen LogP contribution in [0.5, 0.6) is 5.75 Å². The van der Waals surface area contributed by atoms with Gasteiger partial charge in [0, 0.05) is 37.1 Å². The lowest BCUT2D eigenvalue weighted by Crippen LogP contribution is -2.39. The maximum absolute atomic E-state index is 13.2. The van der Waals surface area contributed by atoms with E-state index < -0.39 is 0 Å². The average molecular weight is 458 g/mol. The van der Waals surface area contributed by atoms with E-state index in [2.05, 4.69) is 4.90 Å². The van der Waals surface area contributed by atoms with Gasteiger partial charge in [-0.05, 0) is 30.7 Å². The third-order valence-electron chi connectivity index (χ3n) is 5.18. The molecule has 0 radical (unpaired) electrons. The highest BCUT2D eigenvalue weighted by molar-refractivity contribution is 8.00. The highest BCUT2D eigenvalue weighted by Crippen LogP contribution is 2.32. The van der Waals surface area contributed by atoms with Crippen LogP contribution in [-0.4, -0.2) is 68.0 Å². The van der Waals surface area contributed by atoms with Crippen molar-refractivity contribution in [2.75, 3.05) is 57.2 Å². The third-order valence-corrected chi connectivity index (χ3v) is 7.24. The summed E-state index contributed by atoms with van der Waals surface area (Å²) in [6, 6.07) is 15.9. The number of morpholine rings is 1. The van der Waals surface area contributed by atoms with Gasteiger partial charge in [0.25, 0.3) is 0 Å². The molecule has 0 bridgehead atoms. The number of aromatic nitrogens is 1. The number of methoxy groups -OCH3 is 1. The van der Waals surface area contributed by atoms with Crippen LogP contribution in [-0.2, 0) is 9.53 Å². The van der Waals surface area contributed by atoms with Crippen molar-refractivity contribution in [3.8, 4) is 5.75 Å². The number of anilines is 1. The molecule has 3 aromatic rings. The minimum atomic E-state index is 0.0850. The molecule has 0 aliphatic carbocycles. The van der Waals surface area contributed by atoms with Gasteiger partial charge in [-0.1, -0.05) is 29.5 Å². The molecule has 0 saturated carbocycles. The SMILES string of the molecule is COc1ccc2sc(N(CCCN3CCOCC3)C(=O)CSc3ccccc3)nc2c1. The summed E-state index contributed by atoms with van der Waals surface area (Å²) in [7, 11) is 1.65. The van der Waals surface area contributed by atoms with Crippen LogP contribution in [0.1, 0.15) is 6.42 Å². The molecule has 0 spiro atoms. The zero-order valence-electron chi connectivity index (χ0n) is 17.7. The van der Waals surface area contributed by atoms with Crippen molar-refractivity contribution in [3.63, 3.8) is 0 Å². The van der Waals surface area contributed by atoms with Crippen molar-refractivity contribution in [2.45, 2.75) is 11.3 Å². The number of carbonyl (C=O) groups is 1. The minimum Gasteiger partial charge on any atom is -0.497 e. The number of rotatable bonds is 9. The summed E-state index contributed by atoms with van der Waals surface area (Å²) in [5, 5.41) is 0.754. The smallest absolute Gasteiger partial charge is 0.239 e. The van der Waals surface area contributed by atoms with E-state index in [1.165, 1.54) is 0 Å². The fourth-order valence-corrected chi connectivity index (χ4v) is 5.27. The van der Waals surface area contributed by atoms with Gasteiger partial charge < -0.3 is 9.47 Å². The van der Waals surface area contributed by atoms with Gasteiger partial charge in [-0.15, -0.1) is 11.8 Å². The number of thiazole rings is 1. The first-order valence-electron chi connectivity index (χ1n) is 10.5. The molecule has 6 nitrogen and oxygen atoms in total. The number of amides is 1. The molecule has 4 rings (SSSR count). The predicted octanol–water partition coefficient (Wildman–Crippen LogP) is 4.15. The van der Waals surface area contributed by atoms with Crippen LogP contribution in [0.2, 0.25) is 0 Å². The van der Waals surface area contributed by atoms with E-state index in [4.69, 9.17) is 14.5 Å². The van der Waals surface area contributed by atoms with E-state index in [0.29, 0.717) is 12.3 Å². The molecule has 1 fully saturated rings. The zero-order chi connectivity index (χ0) is 21.5. The number of benzene rings is 2. The second-order valence-corrected chi connectivity index (χ2v) is 9.34. The van der Waals surface area contributed by atoms with Crippen LogP contribution < -0.4 is 9.64 Å². The number of hydrogen-bond acceptors (Lipinski definition) is 7. The quantitative estimate of drug-likeness (QED) is 0.450. The summed E-state index contributed by atoms with van der Waals surface area (Å²) >= 11 is 3.12. The number of hydrogen-bond donors (Lipinski definition) is 0. The lowest BCUT2D eigenvalue weighted by Gasteiger charge is -2.27. The first kappa shape index (κ1) is 22.1. The van der Waals surface area contributed by atoms with Crippen molar-refractivity contribution in [1.29, 1.82) is 0 Å². The molecule has 1 saturated heterocycles. The topological polar surface area (TPSA) is 54.9 Å². The molecule has 2 heterocycles. The maximum atomic E-state index is 13.2. The Morgan fingerprint density at radius 1 is 1.23 bits per heavy atom. The Morgan fingerprint density at radius 3 is 2.81 bits per heavy atom. The van der Waals surface area contributed by atoms with Crippen LogP contribution >= 0.6 is 23.1 Å². The van der Waals surface area contributed by atoms with E-state index in [-0.39, 0.29) is 5.91 Å². The number of carbonyl (C=O) groups excluding carboxylic acids is 1. The number of fused-ring (bicyclic) bond motifs is 1. The van der Waals surface area contributed by atoms with Gasteiger partial charge in [-0.3, -0.25) is 14.6 Å². The fourth-order valence-electron chi connectivity index (χ4n) is 3.48. The Morgan fingerprint density at radius 2 is 2.03 bits per heavy atom. The van der Waals surface area contributed by atoms with E-state index in [1.807, 2.05) is 53.4 Å². The molecule has 0 unspecified atom stereocenters. The summed E-state index contributed by atoms with van der Waals surface area (Å²) < 4.78 is 11.8. The number of thioether (sulfide) groups is 1. The van der Waals surface area contributed by atoms with E-state index in [0.717, 1.165) is 65.3 Å². The van der Waals surface area contributed by atoms with E-state index in [9.17, 15) is 4.79 Å². The Hall–Kier alpha value is -2.13. The second-order valence-electron chi connectivity index (χ2n) is 7.28. The average Bonchev–Trinajstić information content (AvgIpc) is 3.24. The molecular formula is C23H27N3O3S2. The van der Waals surface area contributed by atoms with Crippen molar-refractivity contribution in [1.82, 2.24) is 9.88 Å². The summed E-state index contributed by atoms with van der Waals surface area (Å²) in [6.45, 7) is 5.10. The zero-order valence-corrected chi connectivity index (χ0v) is 19.3. The monoisotopic (exact) mass is 457 g/mol. The Balaban J connectivity index is 1.47. The summed E-state index contributed by atoms with van der Waals surface area (Å²) in [5.74, 6) is 1.25. The first-order valence-corrected chi connectivity index (χ1v) is 12.3. The molecule has 0 N–H and O–H groups in total. The highest BCUT2D eigenvalue weighted by Gasteiger charge is 2.21. The van der Waals surface area contributed by atoms with Crippen molar-refractivity contribution < 1.29 is 14.3 Å². The number of nitrogens with zero attached hydrogens (tertiary/aromatic N) is 3. The Bertz CT molecular complexity index is 990. The van der Waals surface area contributed by atoms with Crippen molar-refractivity contribution >= 4 is 44.4 Å². The third kappa shape index (κ3) is 5.98. The van der Waals surface area contributed by atoms with Crippen LogP contribution in [0.4, 0.5) is 5.13 Å². The molecule has 2 aromatic carbocycles. The van der Waals surface area contributed by atoms with Gasteiger partial charge in [-0.2, -0.15) is 0 Å². The number of ether oxygens (including phenoxy) is 2. The van der Waals surface area contributed by atoms with Gasteiger partial charge >= 0.3 is 0 Å². The molecule has 1 aromatic heterocycles. The van der Waals surface area contributed by atoms with E-state index >= 15 is 0 Å². The lowest BCUT2D eigenvalue weighted by molar-refractivity contribution is -0.116. The molecular weight excluding hydrogens is 430 g/mol. The molecule has 31 heavy (non-hydrogen) atoms. The van der Waals surface area contributed by atoms with Gasteiger partial charge in [0.05, 0.1) is 36.3 Å². The fraction of sp³-hybridized carbons (Fsp3) is 0.391. The molecule has 8 heteroatoms. The largest absolute Gasteiger partial charge is 0.497 e. The van der Waals surface area contributed by atoms with Gasteiger partial charge in [0.2, 0.25) is 5.91 Å². The van der Waals surface area contributed by atoms with Crippen LogP contribution in [0, 0.1) is 0 Å². The highest BCUT2D eigenvalue weighted by atomic mass is 32.2. The molecule has 1 aliphatic rings. The maximum Gasteiger partial charge on any atom is 0.239 e. The summed E-state index contributed by atoms with van der Waals surface area (Å²) in [6.07, 6.45) is 0.904. The predicted molar refractivity (Wildman–Crippen MR) is 128 cm³/mol. The van der Waals surface area contributed by atoms with Crippen LogP contribution in [0.15, 0.2) is 53.4 Å². The van der Waals surface area contributed by atoms with Crippen LogP contribution in [0.25, 0.3) is 10.2 Å². The molecule has 1 aliphatic heterocycles. The Labute approximate surface area is 191 Å². The minimum absolute atomic E-state index is 0.0850. The van der Waals surface area contributed by atoms with Gasteiger partial charge in [0.1, 0.15) is 5.75 Å². The molecule has 1 amide bonds. The lowest BCUT2D eigenvalue weighted by atomic mass is 10.3. The summed E-state index contributed by atoms with van der Waals surface area (Å²) in [5.41, 5.74) is 0.862. The second kappa shape index (κ2) is 10.9. The van der Waals surface area contributed by atoms with Gasteiger partial charge in [0.15, 0.2) is 5.13 Å². The molecule has 164 valence electrons. The van der Waals surface area contributed by atoms with Gasteiger partial charge in [-0.25, -0.2) is 4.98 Å². The summed E-state index contributed by atoms with van der Waals surface area (Å²) in [4.78, 5) is 23.3. The van der Waals surface area contributed by atoms with E-state index in [1.54, 1.807) is 30.2 Å². The Kier molecular flexibility index (Phi) is 7.80. The van der Waals surface area contributed by atoms with Crippen molar-refractivity contribution in [2.24, 2.45) is 0 Å². The molecule has 0 atom stereocenters. The standard InChI is InChI=1S/C23H27N3O3S2/c1-28-18-8-9-21-20(16-18)24-23(31-21)26(11-5-10-25-12-14-29-15-13-25)22(27)17-30-19-6-3-2-4-7-19/h2-4,6-9,16H,5,10-15,17H2,1H3. The van der Waals surface area contributed by atoms with Crippen LogP contribution in [0.3, 0.4) is 0 Å².